The zero-order valence-electron chi connectivity index (χ0n) is 9.83. The standard InChI is InChI=1S/C13H18N2/c1-8(2)10-5-11-12(9(3)4)7-15-13(11)14-6-10/h5-9H,1-4H3,(H,14,15). The van der Waals surface area contributed by atoms with E-state index in [2.05, 4.69) is 49.9 Å². The summed E-state index contributed by atoms with van der Waals surface area (Å²) in [5, 5.41) is 1.27. The van der Waals surface area contributed by atoms with E-state index in [4.69, 9.17) is 0 Å². The smallest absolute Gasteiger partial charge is 0.137 e. The minimum atomic E-state index is 0.539. The van der Waals surface area contributed by atoms with Gasteiger partial charge in [0.2, 0.25) is 0 Å². The van der Waals surface area contributed by atoms with Gasteiger partial charge in [-0.05, 0) is 29.0 Å². The molecule has 0 aliphatic heterocycles. The summed E-state index contributed by atoms with van der Waals surface area (Å²) in [6.45, 7) is 8.82. The van der Waals surface area contributed by atoms with Gasteiger partial charge in [-0.1, -0.05) is 27.7 Å². The van der Waals surface area contributed by atoms with Crippen molar-refractivity contribution < 1.29 is 0 Å². The van der Waals surface area contributed by atoms with Crippen LogP contribution in [-0.4, -0.2) is 9.97 Å². The van der Waals surface area contributed by atoms with Gasteiger partial charge in [-0.3, -0.25) is 0 Å². The third kappa shape index (κ3) is 1.76. The summed E-state index contributed by atoms with van der Waals surface area (Å²) in [4.78, 5) is 7.67. The van der Waals surface area contributed by atoms with Gasteiger partial charge in [-0.15, -0.1) is 0 Å². The minimum absolute atomic E-state index is 0.539. The first-order valence-electron chi connectivity index (χ1n) is 5.56. The van der Waals surface area contributed by atoms with E-state index in [0.717, 1.165) is 5.65 Å². The second-order valence-electron chi connectivity index (χ2n) is 4.72. The van der Waals surface area contributed by atoms with E-state index in [1.54, 1.807) is 0 Å². The summed E-state index contributed by atoms with van der Waals surface area (Å²) < 4.78 is 0. The molecule has 80 valence electrons. The number of rotatable bonds is 2. The van der Waals surface area contributed by atoms with Gasteiger partial charge < -0.3 is 4.98 Å². The van der Waals surface area contributed by atoms with Crippen molar-refractivity contribution in [3.05, 3.63) is 29.6 Å². The van der Waals surface area contributed by atoms with Crippen LogP contribution in [-0.2, 0) is 0 Å². The maximum atomic E-state index is 4.45. The van der Waals surface area contributed by atoms with Crippen LogP contribution in [0.5, 0.6) is 0 Å². The van der Waals surface area contributed by atoms with Gasteiger partial charge >= 0.3 is 0 Å². The molecule has 0 radical (unpaired) electrons. The summed E-state index contributed by atoms with van der Waals surface area (Å²) in [7, 11) is 0. The van der Waals surface area contributed by atoms with Crippen LogP contribution in [0.3, 0.4) is 0 Å². The molecule has 2 heterocycles. The Morgan fingerprint density at radius 3 is 2.47 bits per heavy atom. The highest BCUT2D eigenvalue weighted by Crippen LogP contribution is 2.26. The van der Waals surface area contributed by atoms with Gasteiger partial charge in [0.05, 0.1) is 0 Å². The predicted octanol–water partition coefficient (Wildman–Crippen LogP) is 3.81. The van der Waals surface area contributed by atoms with Crippen molar-refractivity contribution in [1.29, 1.82) is 0 Å². The van der Waals surface area contributed by atoms with Crippen LogP contribution in [0.1, 0.15) is 50.7 Å². The number of pyridine rings is 1. The molecule has 0 aromatic carbocycles. The molecule has 0 spiro atoms. The number of H-pyrrole nitrogens is 1. The Bertz CT molecular complexity index is 466. The molecular formula is C13H18N2. The molecule has 0 amide bonds. The fourth-order valence-electron chi connectivity index (χ4n) is 1.83. The van der Waals surface area contributed by atoms with Crippen molar-refractivity contribution in [3.8, 4) is 0 Å². The van der Waals surface area contributed by atoms with Gasteiger partial charge in [-0.25, -0.2) is 4.98 Å². The molecule has 2 heteroatoms. The Labute approximate surface area is 90.7 Å². The van der Waals surface area contributed by atoms with Gasteiger partial charge in [0.15, 0.2) is 0 Å². The molecule has 0 atom stereocenters. The Balaban J connectivity index is 2.61. The Hall–Kier alpha value is -1.31. The lowest BCUT2D eigenvalue weighted by molar-refractivity contribution is 0.858. The van der Waals surface area contributed by atoms with E-state index < -0.39 is 0 Å². The van der Waals surface area contributed by atoms with E-state index in [0.29, 0.717) is 11.8 Å². The largest absolute Gasteiger partial charge is 0.346 e. The Morgan fingerprint density at radius 1 is 1.13 bits per heavy atom. The maximum Gasteiger partial charge on any atom is 0.137 e. The van der Waals surface area contributed by atoms with Crippen molar-refractivity contribution in [2.75, 3.05) is 0 Å². The quantitative estimate of drug-likeness (QED) is 0.788. The fraction of sp³-hybridized carbons (Fsp3) is 0.462. The molecule has 2 rings (SSSR count). The second-order valence-corrected chi connectivity index (χ2v) is 4.72. The van der Waals surface area contributed by atoms with Crippen LogP contribution >= 0.6 is 0 Å². The summed E-state index contributed by atoms with van der Waals surface area (Å²) in [6, 6.07) is 2.26. The van der Waals surface area contributed by atoms with Crippen molar-refractivity contribution in [3.63, 3.8) is 0 Å². The molecule has 15 heavy (non-hydrogen) atoms. The molecule has 1 N–H and O–H groups in total. The minimum Gasteiger partial charge on any atom is -0.346 e. The monoisotopic (exact) mass is 202 g/mol. The average Bonchev–Trinajstić information content (AvgIpc) is 2.59. The SMILES string of the molecule is CC(C)c1cnc2[nH]cc(C(C)C)c2c1. The van der Waals surface area contributed by atoms with Crippen molar-refractivity contribution in [1.82, 2.24) is 9.97 Å². The van der Waals surface area contributed by atoms with E-state index in [1.165, 1.54) is 16.5 Å². The Kier molecular flexibility index (Phi) is 2.51. The van der Waals surface area contributed by atoms with Crippen LogP contribution in [0.25, 0.3) is 11.0 Å². The van der Waals surface area contributed by atoms with E-state index in [-0.39, 0.29) is 0 Å². The van der Waals surface area contributed by atoms with Crippen LogP contribution in [0.15, 0.2) is 18.5 Å². The molecule has 0 aliphatic carbocycles. The number of nitrogens with one attached hydrogen (secondary N) is 1. The van der Waals surface area contributed by atoms with E-state index in [9.17, 15) is 0 Å². The van der Waals surface area contributed by atoms with E-state index in [1.807, 2.05) is 6.20 Å². The second kappa shape index (κ2) is 3.69. The maximum absolute atomic E-state index is 4.45. The van der Waals surface area contributed by atoms with Gasteiger partial charge in [0.25, 0.3) is 0 Å². The molecule has 0 aliphatic rings. The molecule has 0 bridgehead atoms. The summed E-state index contributed by atoms with van der Waals surface area (Å²) in [6.07, 6.45) is 4.04. The highest BCUT2D eigenvalue weighted by molar-refractivity contribution is 5.80. The van der Waals surface area contributed by atoms with Crippen LogP contribution in [0.4, 0.5) is 0 Å². The van der Waals surface area contributed by atoms with Crippen LogP contribution in [0, 0.1) is 0 Å². The van der Waals surface area contributed by atoms with Crippen LogP contribution in [0.2, 0.25) is 0 Å². The Morgan fingerprint density at radius 2 is 1.87 bits per heavy atom. The van der Waals surface area contributed by atoms with Gasteiger partial charge in [0.1, 0.15) is 5.65 Å². The van der Waals surface area contributed by atoms with Crippen LogP contribution < -0.4 is 0 Å². The molecule has 2 aromatic heterocycles. The highest BCUT2D eigenvalue weighted by atomic mass is 14.8. The first kappa shape index (κ1) is 10.2. The number of hydrogen-bond acceptors (Lipinski definition) is 1. The normalized spacial score (nSPS) is 11.9. The van der Waals surface area contributed by atoms with Crippen molar-refractivity contribution in [2.24, 2.45) is 0 Å². The summed E-state index contributed by atoms with van der Waals surface area (Å²) >= 11 is 0. The topological polar surface area (TPSA) is 28.7 Å². The summed E-state index contributed by atoms with van der Waals surface area (Å²) in [5.74, 6) is 1.08. The molecule has 0 fully saturated rings. The molecular weight excluding hydrogens is 184 g/mol. The highest BCUT2D eigenvalue weighted by Gasteiger charge is 2.09. The zero-order chi connectivity index (χ0) is 11.0. The number of aromatic amines is 1. The number of fused-ring (bicyclic) bond motifs is 1. The van der Waals surface area contributed by atoms with Crippen molar-refractivity contribution >= 4 is 11.0 Å². The number of nitrogens with zero attached hydrogens (tertiary/aromatic N) is 1. The lowest BCUT2D eigenvalue weighted by Crippen LogP contribution is -1.90. The lowest BCUT2D eigenvalue weighted by atomic mass is 10.00. The average molecular weight is 202 g/mol. The van der Waals surface area contributed by atoms with Crippen molar-refractivity contribution in [2.45, 2.75) is 39.5 Å². The van der Waals surface area contributed by atoms with E-state index >= 15 is 0 Å². The molecule has 0 saturated heterocycles. The summed E-state index contributed by atoms with van der Waals surface area (Å²) in [5.41, 5.74) is 3.67. The molecule has 0 saturated carbocycles. The van der Waals surface area contributed by atoms with Gasteiger partial charge in [0, 0.05) is 17.8 Å². The molecule has 2 nitrogen and oxygen atoms in total. The third-order valence-electron chi connectivity index (χ3n) is 2.87. The first-order chi connectivity index (χ1) is 7.09. The zero-order valence-corrected chi connectivity index (χ0v) is 9.83. The van der Waals surface area contributed by atoms with Gasteiger partial charge in [-0.2, -0.15) is 0 Å². The lowest BCUT2D eigenvalue weighted by Gasteiger charge is -2.06. The number of aromatic nitrogens is 2. The predicted molar refractivity (Wildman–Crippen MR) is 64.3 cm³/mol. The molecule has 0 unspecified atom stereocenters. The third-order valence-corrected chi connectivity index (χ3v) is 2.87. The molecule has 2 aromatic rings. The fourth-order valence-corrected chi connectivity index (χ4v) is 1.83. The first-order valence-corrected chi connectivity index (χ1v) is 5.56. The number of hydrogen-bond donors (Lipinski definition) is 1.